The predicted octanol–water partition coefficient (Wildman–Crippen LogP) is 16.2. The van der Waals surface area contributed by atoms with Crippen LogP contribution in [0, 0.1) is 0 Å². The van der Waals surface area contributed by atoms with Gasteiger partial charge in [-0.25, -0.2) is 4.98 Å². The summed E-state index contributed by atoms with van der Waals surface area (Å²) in [4.78, 5) is 7.11. The zero-order chi connectivity index (χ0) is 39.6. The van der Waals surface area contributed by atoms with E-state index in [1.807, 2.05) is 53.8 Å². The maximum atomic E-state index is 6.46. The number of rotatable bonds is 7. The highest BCUT2D eigenvalue weighted by molar-refractivity contribution is 7.26. The highest BCUT2D eigenvalue weighted by atomic mass is 32.1. The molecule has 0 spiro atoms. The van der Waals surface area contributed by atoms with Crippen LogP contribution in [0.2, 0.25) is 0 Å². The Morgan fingerprint density at radius 1 is 0.367 bits per heavy atom. The van der Waals surface area contributed by atoms with E-state index in [9.17, 15) is 0 Å². The Labute approximate surface area is 349 Å². The molecule has 0 aliphatic carbocycles. The molecule has 0 fully saturated rings. The van der Waals surface area contributed by atoms with E-state index < -0.39 is 0 Å². The van der Waals surface area contributed by atoms with Crippen LogP contribution in [0.5, 0.6) is 0 Å². The summed E-state index contributed by atoms with van der Waals surface area (Å²) in [6.45, 7) is 0. The van der Waals surface area contributed by atoms with E-state index in [2.05, 4.69) is 169 Å². The number of oxazole rings is 1. The molecule has 0 radical (unpaired) electrons. The van der Waals surface area contributed by atoms with Gasteiger partial charge in [-0.05, 0) is 106 Å². The molecule has 9 aromatic carbocycles. The van der Waals surface area contributed by atoms with Gasteiger partial charge < -0.3 is 13.7 Å². The van der Waals surface area contributed by atoms with Crippen molar-refractivity contribution in [3.63, 3.8) is 0 Å². The summed E-state index contributed by atoms with van der Waals surface area (Å²) in [5, 5.41) is 4.66. The van der Waals surface area contributed by atoms with E-state index in [1.165, 1.54) is 42.4 Å². The highest BCUT2D eigenvalue weighted by Crippen LogP contribution is 2.43. The molecule has 0 saturated heterocycles. The normalized spacial score (nSPS) is 11.7. The standard InChI is InChI=1S/C55H34N2O2S/c1-3-11-35(12-4-1)36-21-26-41(27-22-36)57(43-16-9-15-40(31-43)44-18-10-19-47-46-17-7-8-20-53(46)60-54(44)47)42-28-23-37(24-29-42)39-25-30-45-48-33-52-49(34-51(48)58-50(45)32-39)56-55(59-52)38-13-5-2-6-14-38/h1-34H. The molecule has 0 saturated carbocycles. The van der Waals surface area contributed by atoms with Crippen LogP contribution in [0.25, 0.3) is 98.0 Å². The summed E-state index contributed by atoms with van der Waals surface area (Å²) in [6, 6.07) is 73.0. The van der Waals surface area contributed by atoms with Crippen molar-refractivity contribution in [2.24, 2.45) is 0 Å². The van der Waals surface area contributed by atoms with Crippen LogP contribution in [0.15, 0.2) is 215 Å². The number of fused-ring (bicyclic) bond motifs is 7. The fourth-order valence-electron chi connectivity index (χ4n) is 8.55. The van der Waals surface area contributed by atoms with E-state index in [4.69, 9.17) is 13.8 Å². The molecular weight excluding hydrogens is 753 g/mol. The Kier molecular flexibility index (Phi) is 8.00. The molecule has 60 heavy (non-hydrogen) atoms. The van der Waals surface area contributed by atoms with Crippen molar-refractivity contribution in [3.05, 3.63) is 206 Å². The maximum absolute atomic E-state index is 6.46. The first-order chi connectivity index (χ1) is 29.7. The van der Waals surface area contributed by atoms with E-state index in [1.54, 1.807) is 0 Å². The van der Waals surface area contributed by atoms with E-state index >= 15 is 0 Å². The lowest BCUT2D eigenvalue weighted by Crippen LogP contribution is -2.10. The van der Waals surface area contributed by atoms with Crippen LogP contribution in [0.4, 0.5) is 17.1 Å². The Hall–Kier alpha value is -7.73. The molecule has 0 bridgehead atoms. The van der Waals surface area contributed by atoms with Gasteiger partial charge in [0.2, 0.25) is 5.89 Å². The zero-order valence-electron chi connectivity index (χ0n) is 32.2. The zero-order valence-corrected chi connectivity index (χ0v) is 33.1. The van der Waals surface area contributed by atoms with Crippen molar-refractivity contribution in [3.8, 4) is 44.8 Å². The topological polar surface area (TPSA) is 42.4 Å². The number of hydrogen-bond donors (Lipinski definition) is 0. The fraction of sp³-hybridized carbons (Fsp3) is 0. The Bertz CT molecular complexity index is 3530. The van der Waals surface area contributed by atoms with Crippen LogP contribution in [-0.2, 0) is 0 Å². The van der Waals surface area contributed by atoms with Crippen molar-refractivity contribution in [1.29, 1.82) is 0 Å². The SMILES string of the molecule is c1ccc(-c2ccc(N(c3ccc(-c4ccc5c(c4)oc4cc6nc(-c7ccccc7)oc6cc45)cc3)c3cccc(-c4cccc5c4sc4ccccc45)c3)cc2)cc1. The molecule has 4 nitrogen and oxygen atoms in total. The van der Waals surface area contributed by atoms with Gasteiger partial charge in [0.05, 0.1) is 0 Å². The molecule has 0 atom stereocenters. The van der Waals surface area contributed by atoms with E-state index in [-0.39, 0.29) is 0 Å². The van der Waals surface area contributed by atoms with Gasteiger partial charge >= 0.3 is 0 Å². The maximum Gasteiger partial charge on any atom is 0.227 e. The second kappa shape index (κ2) is 14.0. The minimum absolute atomic E-state index is 0.605. The molecule has 12 aromatic rings. The summed E-state index contributed by atoms with van der Waals surface area (Å²) >= 11 is 1.86. The van der Waals surface area contributed by atoms with Gasteiger partial charge in [0, 0.05) is 59.6 Å². The van der Waals surface area contributed by atoms with Crippen LogP contribution in [0.1, 0.15) is 0 Å². The van der Waals surface area contributed by atoms with E-state index in [0.717, 1.165) is 66.8 Å². The number of hydrogen-bond acceptors (Lipinski definition) is 5. The third-order valence-corrected chi connectivity index (χ3v) is 12.7. The molecule has 0 amide bonds. The van der Waals surface area contributed by atoms with Crippen molar-refractivity contribution in [2.45, 2.75) is 0 Å². The fourth-order valence-corrected chi connectivity index (χ4v) is 9.79. The molecule has 3 heterocycles. The van der Waals surface area contributed by atoms with Gasteiger partial charge in [0.25, 0.3) is 0 Å². The van der Waals surface area contributed by atoms with Crippen molar-refractivity contribution in [2.75, 3.05) is 4.90 Å². The molecule has 3 aromatic heterocycles. The lowest BCUT2D eigenvalue weighted by Gasteiger charge is -2.26. The summed E-state index contributed by atoms with van der Waals surface area (Å²) in [7, 11) is 0. The van der Waals surface area contributed by atoms with Crippen molar-refractivity contribution < 1.29 is 8.83 Å². The molecule has 0 unspecified atom stereocenters. The first-order valence-electron chi connectivity index (χ1n) is 20.1. The van der Waals surface area contributed by atoms with Crippen molar-refractivity contribution in [1.82, 2.24) is 4.98 Å². The minimum atomic E-state index is 0.605. The summed E-state index contributed by atoms with van der Waals surface area (Å²) < 4.78 is 15.3. The highest BCUT2D eigenvalue weighted by Gasteiger charge is 2.18. The predicted molar refractivity (Wildman–Crippen MR) is 251 cm³/mol. The van der Waals surface area contributed by atoms with Crippen LogP contribution in [0.3, 0.4) is 0 Å². The smallest absolute Gasteiger partial charge is 0.227 e. The van der Waals surface area contributed by atoms with Gasteiger partial charge in [-0.3, -0.25) is 0 Å². The molecule has 5 heteroatoms. The van der Waals surface area contributed by atoms with Crippen LogP contribution < -0.4 is 4.90 Å². The average molecular weight is 787 g/mol. The number of benzene rings is 9. The quantitative estimate of drug-likeness (QED) is 0.161. The van der Waals surface area contributed by atoms with Crippen LogP contribution >= 0.6 is 11.3 Å². The average Bonchev–Trinajstić information content (AvgIpc) is 4.02. The molecule has 0 N–H and O–H groups in total. The minimum Gasteiger partial charge on any atom is -0.456 e. The lowest BCUT2D eigenvalue weighted by atomic mass is 10.0. The van der Waals surface area contributed by atoms with E-state index in [0.29, 0.717) is 5.89 Å². The molecule has 12 rings (SSSR count). The number of thiophene rings is 1. The van der Waals surface area contributed by atoms with Gasteiger partial charge in [-0.15, -0.1) is 11.3 Å². The Morgan fingerprint density at radius 2 is 0.983 bits per heavy atom. The number of aromatic nitrogens is 1. The third kappa shape index (κ3) is 5.86. The van der Waals surface area contributed by atoms with Gasteiger partial charge in [-0.1, -0.05) is 127 Å². The number of anilines is 3. The second-order valence-corrected chi connectivity index (χ2v) is 16.2. The largest absolute Gasteiger partial charge is 0.456 e. The summed E-state index contributed by atoms with van der Waals surface area (Å²) in [5.41, 5.74) is 14.3. The summed E-state index contributed by atoms with van der Waals surface area (Å²) in [5.74, 6) is 0.605. The molecule has 0 aliphatic rings. The molecule has 0 aliphatic heterocycles. The first-order valence-corrected chi connectivity index (χ1v) is 20.9. The van der Waals surface area contributed by atoms with Crippen LogP contribution in [-0.4, -0.2) is 4.98 Å². The Balaban J connectivity index is 0.917. The Morgan fingerprint density at radius 3 is 1.77 bits per heavy atom. The lowest BCUT2D eigenvalue weighted by molar-refractivity contribution is 0.620. The van der Waals surface area contributed by atoms with Gasteiger partial charge in [-0.2, -0.15) is 0 Å². The van der Waals surface area contributed by atoms with Gasteiger partial charge in [0.1, 0.15) is 16.7 Å². The summed E-state index contributed by atoms with van der Waals surface area (Å²) in [6.07, 6.45) is 0. The first kappa shape index (κ1) is 34.3. The number of furan rings is 1. The second-order valence-electron chi connectivity index (χ2n) is 15.1. The van der Waals surface area contributed by atoms with Crippen molar-refractivity contribution >= 4 is 81.6 Å². The third-order valence-electron chi connectivity index (χ3n) is 11.5. The molecule has 282 valence electrons. The van der Waals surface area contributed by atoms with Gasteiger partial charge in [0.15, 0.2) is 5.58 Å². The monoisotopic (exact) mass is 786 g/mol. The molecular formula is C55H34N2O2S. The number of nitrogens with zero attached hydrogens (tertiary/aromatic N) is 2.